The molecule has 2 aromatic rings. The molecule has 118 valence electrons. The largest absolute Gasteiger partial charge is 0.125 e. The minimum absolute atomic E-state index is 0.0214. The molecule has 0 aliphatic rings. The molecule has 0 heterocycles. The molecule has 0 amide bonds. The van der Waals surface area contributed by atoms with Gasteiger partial charge in [-0.15, -0.1) is 9.24 Å². The highest BCUT2D eigenvalue weighted by Crippen LogP contribution is 2.59. The Morgan fingerprint density at radius 1 is 0.636 bits per heavy atom. The van der Waals surface area contributed by atoms with Crippen molar-refractivity contribution in [2.45, 2.75) is 46.7 Å². The Morgan fingerprint density at radius 2 is 1.09 bits per heavy atom. The summed E-state index contributed by atoms with van der Waals surface area (Å²) in [5.41, 5.74) is 4.29. The van der Waals surface area contributed by atoms with E-state index in [2.05, 4.69) is 105 Å². The molecule has 0 fully saturated rings. The van der Waals surface area contributed by atoms with Gasteiger partial charge in [0.1, 0.15) is 0 Å². The summed E-state index contributed by atoms with van der Waals surface area (Å²) in [6.07, 6.45) is 0. The third-order valence-electron chi connectivity index (χ3n) is 4.80. The highest BCUT2D eigenvalue weighted by Gasteiger charge is 2.49. The molecule has 1 unspecified atom stereocenters. The third kappa shape index (κ3) is 2.86. The summed E-state index contributed by atoms with van der Waals surface area (Å²) in [6, 6.07) is 19.6. The van der Waals surface area contributed by atoms with E-state index in [1.54, 1.807) is 0 Å². The van der Waals surface area contributed by atoms with Gasteiger partial charge in [0.2, 0.25) is 0 Å². The molecule has 0 aliphatic heterocycles. The first-order chi connectivity index (χ1) is 10.1. The summed E-state index contributed by atoms with van der Waals surface area (Å²) in [5.74, 6) is 0. The Hall–Kier alpha value is -1.13. The van der Waals surface area contributed by atoms with E-state index in [0.29, 0.717) is 0 Å². The van der Waals surface area contributed by atoms with E-state index in [1.807, 2.05) is 0 Å². The third-order valence-corrected chi connectivity index (χ3v) is 6.85. The molecule has 0 aromatic heterocycles. The van der Waals surface area contributed by atoms with E-state index in [1.165, 1.54) is 16.7 Å². The second kappa shape index (κ2) is 5.82. The van der Waals surface area contributed by atoms with Crippen molar-refractivity contribution in [2.24, 2.45) is 10.8 Å². The standard InChI is InChI=1S/C21H29P/c1-19(2,3)21(22,20(4,5)6)18-15-11-10-14-17(18)16-12-8-7-9-13-16/h7-15H,22H2,1-6H3. The fourth-order valence-corrected chi connectivity index (χ4v) is 3.88. The molecule has 0 N–H and O–H groups in total. The van der Waals surface area contributed by atoms with Crippen LogP contribution in [0.25, 0.3) is 11.1 Å². The Labute approximate surface area is 138 Å². The van der Waals surface area contributed by atoms with Gasteiger partial charge in [0.25, 0.3) is 0 Å². The van der Waals surface area contributed by atoms with E-state index in [-0.39, 0.29) is 16.0 Å². The summed E-state index contributed by atoms with van der Waals surface area (Å²) in [7, 11) is 3.21. The van der Waals surface area contributed by atoms with Crippen molar-refractivity contribution in [2.75, 3.05) is 0 Å². The topological polar surface area (TPSA) is 0 Å². The zero-order chi connectivity index (χ0) is 16.6. The molecule has 2 aromatic carbocycles. The molecule has 1 atom stereocenters. The lowest BCUT2D eigenvalue weighted by Crippen LogP contribution is -2.45. The van der Waals surface area contributed by atoms with Crippen LogP contribution in [0.4, 0.5) is 0 Å². The lowest BCUT2D eigenvalue weighted by molar-refractivity contribution is 0.140. The Morgan fingerprint density at radius 3 is 1.59 bits per heavy atom. The fourth-order valence-electron chi connectivity index (χ4n) is 3.63. The van der Waals surface area contributed by atoms with Crippen molar-refractivity contribution in [3.05, 3.63) is 60.2 Å². The number of rotatable bonds is 2. The maximum absolute atomic E-state index is 3.21. The Balaban J connectivity index is 2.76. The smallest absolute Gasteiger partial charge is 0.0200 e. The summed E-state index contributed by atoms with van der Waals surface area (Å²) in [6.45, 7) is 14.0. The minimum atomic E-state index is -0.0214. The molecule has 0 spiro atoms. The molecular formula is C21H29P. The van der Waals surface area contributed by atoms with E-state index in [0.717, 1.165) is 0 Å². The highest BCUT2D eigenvalue weighted by molar-refractivity contribution is 7.18. The number of hydrogen-bond donors (Lipinski definition) is 0. The lowest BCUT2D eigenvalue weighted by Gasteiger charge is -2.52. The van der Waals surface area contributed by atoms with Crippen molar-refractivity contribution < 1.29 is 0 Å². The minimum Gasteiger partial charge on any atom is -0.125 e. The predicted octanol–water partition coefficient (Wildman–Crippen LogP) is 6.52. The van der Waals surface area contributed by atoms with E-state index in [9.17, 15) is 0 Å². The summed E-state index contributed by atoms with van der Waals surface area (Å²) < 4.78 is 0. The summed E-state index contributed by atoms with van der Waals surface area (Å²) >= 11 is 0. The van der Waals surface area contributed by atoms with Gasteiger partial charge in [0, 0.05) is 5.16 Å². The van der Waals surface area contributed by atoms with Crippen LogP contribution in [-0.4, -0.2) is 0 Å². The second-order valence-corrected chi connectivity index (χ2v) is 9.09. The molecule has 0 saturated carbocycles. The van der Waals surface area contributed by atoms with Crippen LogP contribution in [0.1, 0.15) is 47.1 Å². The Bertz CT molecular complexity index is 613. The maximum Gasteiger partial charge on any atom is 0.0200 e. The Kier molecular flexibility index (Phi) is 4.56. The molecule has 0 radical (unpaired) electrons. The van der Waals surface area contributed by atoms with Crippen LogP contribution in [0.5, 0.6) is 0 Å². The number of hydrogen-bond acceptors (Lipinski definition) is 0. The highest BCUT2D eigenvalue weighted by atomic mass is 31.0. The van der Waals surface area contributed by atoms with Gasteiger partial charge in [-0.3, -0.25) is 0 Å². The van der Waals surface area contributed by atoms with Crippen molar-refractivity contribution in [3.63, 3.8) is 0 Å². The van der Waals surface area contributed by atoms with Crippen LogP contribution in [-0.2, 0) is 5.16 Å². The quantitative estimate of drug-likeness (QED) is 0.554. The zero-order valence-electron chi connectivity index (χ0n) is 14.8. The maximum atomic E-state index is 3.21. The first kappa shape index (κ1) is 17.2. The van der Waals surface area contributed by atoms with Crippen LogP contribution in [0.15, 0.2) is 54.6 Å². The van der Waals surface area contributed by atoms with Gasteiger partial charge in [-0.1, -0.05) is 96.1 Å². The van der Waals surface area contributed by atoms with Crippen LogP contribution >= 0.6 is 9.24 Å². The fraction of sp³-hybridized carbons (Fsp3) is 0.429. The van der Waals surface area contributed by atoms with E-state index < -0.39 is 0 Å². The monoisotopic (exact) mass is 312 g/mol. The average molecular weight is 312 g/mol. The van der Waals surface area contributed by atoms with E-state index in [4.69, 9.17) is 0 Å². The molecule has 0 saturated heterocycles. The van der Waals surface area contributed by atoms with Crippen LogP contribution in [0, 0.1) is 10.8 Å². The van der Waals surface area contributed by atoms with Crippen LogP contribution in [0.3, 0.4) is 0 Å². The lowest BCUT2D eigenvalue weighted by atomic mass is 9.61. The van der Waals surface area contributed by atoms with Crippen molar-refractivity contribution in [3.8, 4) is 11.1 Å². The second-order valence-electron chi connectivity index (χ2n) is 8.22. The van der Waals surface area contributed by atoms with Gasteiger partial charge in [-0.25, -0.2) is 0 Å². The molecule has 0 aliphatic carbocycles. The van der Waals surface area contributed by atoms with Gasteiger partial charge >= 0.3 is 0 Å². The van der Waals surface area contributed by atoms with Gasteiger partial charge in [-0.05, 0) is 27.5 Å². The van der Waals surface area contributed by atoms with Gasteiger partial charge in [0.05, 0.1) is 0 Å². The van der Waals surface area contributed by atoms with Gasteiger partial charge in [-0.2, -0.15) is 0 Å². The first-order valence-corrected chi connectivity index (χ1v) is 8.60. The molecule has 22 heavy (non-hydrogen) atoms. The molecule has 2 rings (SSSR count). The van der Waals surface area contributed by atoms with E-state index >= 15 is 0 Å². The molecule has 1 heteroatoms. The molecule has 0 nitrogen and oxygen atoms in total. The van der Waals surface area contributed by atoms with Crippen molar-refractivity contribution >= 4 is 9.24 Å². The normalized spacial score (nSPS) is 13.2. The van der Waals surface area contributed by atoms with Crippen molar-refractivity contribution in [1.29, 1.82) is 0 Å². The molecular weight excluding hydrogens is 283 g/mol. The van der Waals surface area contributed by atoms with Gasteiger partial charge in [0.15, 0.2) is 0 Å². The van der Waals surface area contributed by atoms with Crippen molar-refractivity contribution in [1.82, 2.24) is 0 Å². The van der Waals surface area contributed by atoms with Crippen LogP contribution < -0.4 is 0 Å². The SMILES string of the molecule is CC(C)(C)C(P)(c1ccccc1-c1ccccc1)C(C)(C)C. The first-order valence-electron chi connectivity index (χ1n) is 8.03. The van der Waals surface area contributed by atoms with Gasteiger partial charge < -0.3 is 0 Å². The zero-order valence-corrected chi connectivity index (χ0v) is 15.9. The average Bonchev–Trinajstić information content (AvgIpc) is 2.45. The summed E-state index contributed by atoms with van der Waals surface area (Å²) in [5, 5.41) is -0.0214. The van der Waals surface area contributed by atoms with Crippen LogP contribution in [0.2, 0.25) is 0 Å². The summed E-state index contributed by atoms with van der Waals surface area (Å²) in [4.78, 5) is 0. The molecule has 0 bridgehead atoms. The predicted molar refractivity (Wildman–Crippen MR) is 102 cm³/mol. The number of benzene rings is 2.